The number of carbonyl (C=O) groups excluding carboxylic acids is 1. The van der Waals surface area contributed by atoms with Crippen LogP contribution in [0, 0.1) is 5.92 Å². The second kappa shape index (κ2) is 6.67. The van der Waals surface area contributed by atoms with Crippen LogP contribution in [-0.2, 0) is 11.0 Å². The van der Waals surface area contributed by atoms with E-state index in [1.807, 2.05) is 0 Å². The molecule has 1 N–H and O–H groups in total. The van der Waals surface area contributed by atoms with Gasteiger partial charge in [-0.2, -0.15) is 18.3 Å². The topological polar surface area (TPSA) is 46.9 Å². The van der Waals surface area contributed by atoms with Gasteiger partial charge in [-0.1, -0.05) is 19.3 Å². The number of amides is 1. The van der Waals surface area contributed by atoms with Crippen LogP contribution in [0.15, 0.2) is 36.7 Å². The third-order valence-corrected chi connectivity index (χ3v) is 4.31. The molecule has 0 spiro atoms. The van der Waals surface area contributed by atoms with Gasteiger partial charge in [-0.3, -0.25) is 4.79 Å². The summed E-state index contributed by atoms with van der Waals surface area (Å²) in [6, 6.07) is 4.96. The molecule has 0 atom stereocenters. The van der Waals surface area contributed by atoms with Gasteiger partial charge in [0.1, 0.15) is 0 Å². The van der Waals surface area contributed by atoms with Crippen molar-refractivity contribution in [2.24, 2.45) is 5.92 Å². The predicted octanol–water partition coefficient (Wildman–Crippen LogP) is 4.41. The van der Waals surface area contributed by atoms with E-state index in [1.54, 1.807) is 12.3 Å². The Balaban J connectivity index is 1.92. The third-order valence-electron chi connectivity index (χ3n) is 4.31. The van der Waals surface area contributed by atoms with Crippen LogP contribution in [0.3, 0.4) is 0 Å². The van der Waals surface area contributed by atoms with E-state index in [4.69, 9.17) is 0 Å². The van der Waals surface area contributed by atoms with Gasteiger partial charge in [0.05, 0.1) is 16.9 Å². The summed E-state index contributed by atoms with van der Waals surface area (Å²) in [5.41, 5.74) is -0.251. The molecular formula is C17H18F3N3O. The van der Waals surface area contributed by atoms with E-state index in [1.165, 1.54) is 16.9 Å². The summed E-state index contributed by atoms with van der Waals surface area (Å²) in [7, 11) is 0. The number of anilines is 1. The van der Waals surface area contributed by atoms with Crippen molar-refractivity contribution in [2.45, 2.75) is 38.3 Å². The van der Waals surface area contributed by atoms with Crippen molar-refractivity contribution in [1.29, 1.82) is 0 Å². The van der Waals surface area contributed by atoms with Crippen LogP contribution < -0.4 is 5.32 Å². The van der Waals surface area contributed by atoms with Gasteiger partial charge in [0.2, 0.25) is 5.91 Å². The SMILES string of the molecule is O=C(Nc1cc(C(F)(F)F)ccc1-n1cccn1)C1CCCCC1. The Hall–Kier alpha value is -2.31. The molecule has 1 amide bonds. The quantitative estimate of drug-likeness (QED) is 0.902. The molecule has 3 rings (SSSR count). The number of benzene rings is 1. The van der Waals surface area contributed by atoms with E-state index in [-0.39, 0.29) is 17.5 Å². The van der Waals surface area contributed by atoms with Gasteiger partial charge in [0.15, 0.2) is 0 Å². The summed E-state index contributed by atoms with van der Waals surface area (Å²) in [5.74, 6) is -0.360. The van der Waals surface area contributed by atoms with E-state index in [0.717, 1.165) is 44.2 Å². The van der Waals surface area contributed by atoms with Gasteiger partial charge in [-0.15, -0.1) is 0 Å². The maximum absolute atomic E-state index is 13.0. The van der Waals surface area contributed by atoms with Gasteiger partial charge in [0.25, 0.3) is 0 Å². The first-order valence-electron chi connectivity index (χ1n) is 7.97. The molecule has 4 nitrogen and oxygen atoms in total. The first kappa shape index (κ1) is 16.5. The van der Waals surface area contributed by atoms with Gasteiger partial charge < -0.3 is 5.32 Å². The second-order valence-corrected chi connectivity index (χ2v) is 6.00. The molecule has 0 unspecified atom stereocenters. The standard InChI is InChI=1S/C17H18F3N3O/c18-17(19,20)13-7-8-15(23-10-4-9-21-23)14(11-13)22-16(24)12-5-2-1-3-6-12/h4,7-12H,1-3,5-6H2,(H,22,24). The Morgan fingerprint density at radius 2 is 1.96 bits per heavy atom. The van der Waals surface area contributed by atoms with Gasteiger partial charge in [0, 0.05) is 18.3 Å². The van der Waals surface area contributed by atoms with Gasteiger partial charge in [-0.25, -0.2) is 4.68 Å². The molecule has 1 fully saturated rings. The summed E-state index contributed by atoms with van der Waals surface area (Å²) in [5, 5.41) is 6.72. The first-order valence-corrected chi connectivity index (χ1v) is 7.97. The molecule has 24 heavy (non-hydrogen) atoms. The summed E-state index contributed by atoms with van der Waals surface area (Å²) < 4.78 is 40.4. The van der Waals surface area contributed by atoms with Crippen molar-refractivity contribution in [3.05, 3.63) is 42.2 Å². The molecule has 0 saturated heterocycles. The van der Waals surface area contributed by atoms with Crippen LogP contribution in [0.25, 0.3) is 5.69 Å². The summed E-state index contributed by atoms with van der Waals surface area (Å²) in [6.07, 6.45) is 3.31. The number of hydrogen-bond donors (Lipinski definition) is 1. The zero-order valence-electron chi connectivity index (χ0n) is 13.0. The molecule has 1 heterocycles. The van der Waals surface area contributed by atoms with E-state index in [0.29, 0.717) is 5.69 Å². The maximum atomic E-state index is 13.0. The van der Waals surface area contributed by atoms with Crippen molar-refractivity contribution in [3.63, 3.8) is 0 Å². The fourth-order valence-electron chi connectivity index (χ4n) is 3.02. The lowest BCUT2D eigenvalue weighted by atomic mass is 9.88. The predicted molar refractivity (Wildman–Crippen MR) is 83.8 cm³/mol. The van der Waals surface area contributed by atoms with Crippen molar-refractivity contribution in [3.8, 4) is 5.69 Å². The monoisotopic (exact) mass is 337 g/mol. The molecule has 7 heteroatoms. The Kier molecular flexibility index (Phi) is 4.59. The number of rotatable bonds is 3. The van der Waals surface area contributed by atoms with Crippen molar-refractivity contribution in [2.75, 3.05) is 5.32 Å². The highest BCUT2D eigenvalue weighted by Crippen LogP contribution is 2.34. The molecule has 0 aliphatic heterocycles. The average Bonchev–Trinajstić information content (AvgIpc) is 3.09. The number of nitrogens with zero attached hydrogens (tertiary/aromatic N) is 2. The van der Waals surface area contributed by atoms with Gasteiger partial charge >= 0.3 is 6.18 Å². The number of nitrogens with one attached hydrogen (secondary N) is 1. The second-order valence-electron chi connectivity index (χ2n) is 6.00. The largest absolute Gasteiger partial charge is 0.416 e. The first-order chi connectivity index (χ1) is 11.4. The zero-order valence-corrected chi connectivity index (χ0v) is 13.0. The van der Waals surface area contributed by atoms with E-state index in [9.17, 15) is 18.0 Å². The Bertz CT molecular complexity index is 704. The van der Waals surface area contributed by atoms with Gasteiger partial charge in [-0.05, 0) is 37.1 Å². The molecule has 0 bridgehead atoms. The minimum atomic E-state index is -4.47. The molecule has 1 aromatic carbocycles. The Morgan fingerprint density at radius 3 is 2.58 bits per heavy atom. The Labute approximate surface area is 137 Å². The number of carbonyl (C=O) groups is 1. The highest BCUT2D eigenvalue weighted by molar-refractivity contribution is 5.94. The number of halogens is 3. The van der Waals surface area contributed by atoms with Crippen LogP contribution in [0.4, 0.5) is 18.9 Å². The highest BCUT2D eigenvalue weighted by atomic mass is 19.4. The minimum Gasteiger partial charge on any atom is -0.324 e. The van der Waals surface area contributed by atoms with Crippen LogP contribution >= 0.6 is 0 Å². The fourth-order valence-corrected chi connectivity index (χ4v) is 3.02. The van der Waals surface area contributed by atoms with Crippen molar-refractivity contribution >= 4 is 11.6 Å². The van der Waals surface area contributed by atoms with E-state index in [2.05, 4.69) is 10.4 Å². The van der Waals surface area contributed by atoms with E-state index < -0.39 is 11.7 Å². The van der Waals surface area contributed by atoms with E-state index >= 15 is 0 Å². The Morgan fingerprint density at radius 1 is 1.21 bits per heavy atom. The van der Waals surface area contributed by atoms with Crippen LogP contribution in [-0.4, -0.2) is 15.7 Å². The molecule has 1 aromatic heterocycles. The third kappa shape index (κ3) is 3.60. The lowest BCUT2D eigenvalue weighted by molar-refractivity contribution is -0.137. The smallest absolute Gasteiger partial charge is 0.324 e. The lowest BCUT2D eigenvalue weighted by Crippen LogP contribution is -2.25. The van der Waals surface area contributed by atoms with Crippen molar-refractivity contribution < 1.29 is 18.0 Å². The molecule has 1 aliphatic rings. The fraction of sp³-hybridized carbons (Fsp3) is 0.412. The summed E-state index contributed by atoms with van der Waals surface area (Å²) in [4.78, 5) is 12.4. The van der Waals surface area contributed by atoms with Crippen LogP contribution in [0.5, 0.6) is 0 Å². The van der Waals surface area contributed by atoms with Crippen molar-refractivity contribution in [1.82, 2.24) is 9.78 Å². The number of alkyl halides is 3. The molecule has 2 aromatic rings. The number of hydrogen-bond acceptors (Lipinski definition) is 2. The molecule has 1 aliphatic carbocycles. The maximum Gasteiger partial charge on any atom is 0.416 e. The van der Waals surface area contributed by atoms with Crippen LogP contribution in [0.1, 0.15) is 37.7 Å². The molecule has 128 valence electrons. The molecular weight excluding hydrogens is 319 g/mol. The molecule has 0 radical (unpaired) electrons. The summed E-state index contributed by atoms with van der Waals surface area (Å²) in [6.45, 7) is 0. The summed E-state index contributed by atoms with van der Waals surface area (Å²) >= 11 is 0. The normalized spacial score (nSPS) is 16.1. The molecule has 1 saturated carbocycles. The van der Waals surface area contributed by atoms with Crippen LogP contribution in [0.2, 0.25) is 0 Å². The average molecular weight is 337 g/mol. The zero-order chi connectivity index (χ0) is 17.2. The number of aromatic nitrogens is 2. The highest BCUT2D eigenvalue weighted by Gasteiger charge is 2.32. The minimum absolute atomic E-state index is 0.129. The lowest BCUT2D eigenvalue weighted by Gasteiger charge is -2.22.